The second-order valence-electron chi connectivity index (χ2n) is 4.94. The molecular formula is C13H18FN3O. The van der Waals surface area contributed by atoms with Crippen LogP contribution in [-0.2, 0) is 17.7 Å². The number of nitrogens with one attached hydrogen (secondary N) is 1. The molecule has 5 heteroatoms. The van der Waals surface area contributed by atoms with Gasteiger partial charge in [-0.15, -0.1) is 0 Å². The summed E-state index contributed by atoms with van der Waals surface area (Å²) in [5.41, 5.74) is 2.02. The van der Waals surface area contributed by atoms with E-state index in [4.69, 9.17) is 4.74 Å². The minimum absolute atomic E-state index is 0.181. The van der Waals surface area contributed by atoms with Crippen molar-refractivity contribution in [2.75, 3.05) is 31.2 Å². The number of pyridine rings is 1. The number of hydrogen-bond acceptors (Lipinski definition) is 4. The van der Waals surface area contributed by atoms with Gasteiger partial charge in [0, 0.05) is 31.7 Å². The van der Waals surface area contributed by atoms with Crippen LogP contribution < -0.4 is 10.2 Å². The van der Waals surface area contributed by atoms with Crippen LogP contribution in [0.5, 0.6) is 0 Å². The van der Waals surface area contributed by atoms with Crippen molar-refractivity contribution in [2.24, 2.45) is 0 Å². The van der Waals surface area contributed by atoms with Crippen LogP contribution in [0.25, 0.3) is 0 Å². The highest BCUT2D eigenvalue weighted by Gasteiger charge is 2.25. The fraction of sp³-hybridized carbons (Fsp3) is 0.615. The zero-order chi connectivity index (χ0) is 12.5. The van der Waals surface area contributed by atoms with Gasteiger partial charge >= 0.3 is 0 Å². The Balaban J connectivity index is 1.95. The van der Waals surface area contributed by atoms with Crippen LogP contribution in [0.15, 0.2) is 6.07 Å². The number of fused-ring (bicyclic) bond motifs is 1. The molecule has 0 aromatic carbocycles. The van der Waals surface area contributed by atoms with Crippen molar-refractivity contribution < 1.29 is 9.13 Å². The van der Waals surface area contributed by atoms with E-state index < -0.39 is 0 Å². The Morgan fingerprint density at radius 2 is 2.44 bits per heavy atom. The molecule has 1 aromatic heterocycles. The maximum absolute atomic E-state index is 14.2. The van der Waals surface area contributed by atoms with E-state index in [2.05, 4.69) is 10.3 Å². The minimum atomic E-state index is -0.216. The second kappa shape index (κ2) is 4.82. The van der Waals surface area contributed by atoms with Crippen molar-refractivity contribution in [1.82, 2.24) is 10.3 Å². The van der Waals surface area contributed by atoms with Crippen LogP contribution in [0.4, 0.5) is 10.2 Å². The average molecular weight is 251 g/mol. The predicted molar refractivity (Wildman–Crippen MR) is 67.2 cm³/mol. The molecule has 1 N–H and O–H groups in total. The molecule has 0 spiro atoms. The Hall–Kier alpha value is -1.20. The largest absolute Gasteiger partial charge is 0.377 e. The predicted octanol–water partition coefficient (Wildman–Crippen LogP) is 1.09. The first kappa shape index (κ1) is 11.9. The number of nitrogens with zero attached hydrogens (tertiary/aromatic N) is 2. The normalized spacial score (nSPS) is 23.9. The molecule has 0 aliphatic carbocycles. The van der Waals surface area contributed by atoms with Crippen LogP contribution in [0, 0.1) is 5.82 Å². The lowest BCUT2D eigenvalue weighted by molar-refractivity contribution is 0.0981. The maximum Gasteiger partial charge on any atom is 0.166 e. The maximum atomic E-state index is 14.2. The lowest BCUT2D eigenvalue weighted by Gasteiger charge is -2.35. The van der Waals surface area contributed by atoms with Crippen LogP contribution in [0.3, 0.4) is 0 Å². The van der Waals surface area contributed by atoms with Gasteiger partial charge in [-0.3, -0.25) is 0 Å². The molecule has 0 unspecified atom stereocenters. The van der Waals surface area contributed by atoms with Crippen LogP contribution in [0.2, 0.25) is 0 Å². The molecule has 1 fully saturated rings. The van der Waals surface area contributed by atoms with E-state index in [9.17, 15) is 4.39 Å². The summed E-state index contributed by atoms with van der Waals surface area (Å²) in [5, 5.41) is 3.24. The Bertz CT molecular complexity index is 452. The number of rotatable bonds is 1. The van der Waals surface area contributed by atoms with Crippen LogP contribution in [0.1, 0.15) is 18.2 Å². The van der Waals surface area contributed by atoms with Gasteiger partial charge < -0.3 is 15.0 Å². The van der Waals surface area contributed by atoms with E-state index in [1.165, 1.54) is 0 Å². The molecule has 3 rings (SSSR count). The summed E-state index contributed by atoms with van der Waals surface area (Å²) in [4.78, 5) is 6.56. The van der Waals surface area contributed by atoms with E-state index in [-0.39, 0.29) is 11.9 Å². The molecule has 98 valence electrons. The van der Waals surface area contributed by atoms with Gasteiger partial charge in [0.25, 0.3) is 0 Å². The summed E-state index contributed by atoms with van der Waals surface area (Å²) >= 11 is 0. The van der Waals surface area contributed by atoms with E-state index in [1.807, 2.05) is 11.8 Å². The SMILES string of the molecule is C[C@@H]1COCCN1c1nc2c(cc1F)CNCC2. The van der Waals surface area contributed by atoms with E-state index in [1.54, 1.807) is 6.07 Å². The number of anilines is 1. The molecule has 4 nitrogen and oxygen atoms in total. The minimum Gasteiger partial charge on any atom is -0.377 e. The van der Waals surface area contributed by atoms with Crippen molar-refractivity contribution in [1.29, 1.82) is 0 Å². The van der Waals surface area contributed by atoms with Gasteiger partial charge in [-0.05, 0) is 18.6 Å². The van der Waals surface area contributed by atoms with Gasteiger partial charge in [-0.2, -0.15) is 0 Å². The highest BCUT2D eigenvalue weighted by Crippen LogP contribution is 2.24. The summed E-state index contributed by atoms with van der Waals surface area (Å²) in [7, 11) is 0. The lowest BCUT2D eigenvalue weighted by Crippen LogP contribution is -2.45. The summed E-state index contributed by atoms with van der Waals surface area (Å²) in [6, 6.07) is 1.81. The molecule has 0 bridgehead atoms. The van der Waals surface area contributed by atoms with E-state index in [0.29, 0.717) is 25.6 Å². The Labute approximate surface area is 106 Å². The first-order chi connectivity index (χ1) is 8.75. The highest BCUT2D eigenvalue weighted by atomic mass is 19.1. The van der Waals surface area contributed by atoms with Gasteiger partial charge in [0.2, 0.25) is 0 Å². The zero-order valence-electron chi connectivity index (χ0n) is 10.6. The van der Waals surface area contributed by atoms with Gasteiger partial charge in [0.15, 0.2) is 11.6 Å². The molecule has 3 heterocycles. The first-order valence-electron chi connectivity index (χ1n) is 6.49. The van der Waals surface area contributed by atoms with Crippen molar-refractivity contribution in [3.05, 3.63) is 23.1 Å². The Morgan fingerprint density at radius 1 is 1.56 bits per heavy atom. The third kappa shape index (κ3) is 2.08. The quantitative estimate of drug-likeness (QED) is 0.811. The summed E-state index contributed by atoms with van der Waals surface area (Å²) in [6.07, 6.45) is 0.876. The Kier molecular flexibility index (Phi) is 3.18. The molecule has 0 amide bonds. The highest BCUT2D eigenvalue weighted by molar-refractivity contribution is 5.45. The zero-order valence-corrected chi connectivity index (χ0v) is 10.6. The number of aromatic nitrogens is 1. The summed E-state index contributed by atoms with van der Waals surface area (Å²) in [6.45, 7) is 5.68. The Morgan fingerprint density at radius 3 is 3.28 bits per heavy atom. The number of ether oxygens (including phenoxy) is 1. The third-order valence-corrected chi connectivity index (χ3v) is 3.62. The van der Waals surface area contributed by atoms with Gasteiger partial charge in [0.1, 0.15) is 0 Å². The number of hydrogen-bond donors (Lipinski definition) is 1. The topological polar surface area (TPSA) is 37.4 Å². The van der Waals surface area contributed by atoms with Gasteiger partial charge in [-0.25, -0.2) is 9.37 Å². The molecule has 0 radical (unpaired) electrons. The van der Waals surface area contributed by atoms with Crippen LogP contribution in [-0.4, -0.2) is 37.3 Å². The van der Waals surface area contributed by atoms with E-state index in [0.717, 1.165) is 30.8 Å². The van der Waals surface area contributed by atoms with Crippen molar-refractivity contribution in [3.8, 4) is 0 Å². The standard InChI is InChI=1S/C13H18FN3O/c1-9-8-18-5-4-17(9)13-11(14)6-10-7-15-3-2-12(10)16-13/h6,9,15H,2-5,7-8H2,1H3/t9-/m1/s1. The van der Waals surface area contributed by atoms with Crippen molar-refractivity contribution in [3.63, 3.8) is 0 Å². The number of morpholine rings is 1. The molecule has 2 aliphatic heterocycles. The fourth-order valence-electron chi connectivity index (χ4n) is 2.60. The smallest absolute Gasteiger partial charge is 0.166 e. The van der Waals surface area contributed by atoms with Crippen LogP contribution >= 0.6 is 0 Å². The summed E-state index contributed by atoms with van der Waals surface area (Å²) in [5.74, 6) is 0.276. The molecule has 18 heavy (non-hydrogen) atoms. The molecule has 1 atom stereocenters. The molecule has 0 saturated carbocycles. The molecule has 1 saturated heterocycles. The third-order valence-electron chi connectivity index (χ3n) is 3.62. The monoisotopic (exact) mass is 251 g/mol. The molecule has 1 aromatic rings. The molecule has 2 aliphatic rings. The fourth-order valence-corrected chi connectivity index (χ4v) is 2.60. The van der Waals surface area contributed by atoms with E-state index >= 15 is 0 Å². The second-order valence-corrected chi connectivity index (χ2v) is 4.94. The van der Waals surface area contributed by atoms with Gasteiger partial charge in [-0.1, -0.05) is 0 Å². The van der Waals surface area contributed by atoms with Crippen molar-refractivity contribution >= 4 is 5.82 Å². The summed E-state index contributed by atoms with van der Waals surface area (Å²) < 4.78 is 19.5. The lowest BCUT2D eigenvalue weighted by atomic mass is 10.1. The molecular weight excluding hydrogens is 233 g/mol. The average Bonchev–Trinajstić information content (AvgIpc) is 2.39. The van der Waals surface area contributed by atoms with Gasteiger partial charge in [0.05, 0.1) is 19.3 Å². The number of halogens is 1. The first-order valence-corrected chi connectivity index (χ1v) is 6.49. The van der Waals surface area contributed by atoms with Crippen molar-refractivity contribution in [2.45, 2.75) is 25.9 Å².